The van der Waals surface area contributed by atoms with Crippen LogP contribution < -0.4 is 20.5 Å². The Bertz CT molecular complexity index is 582. The van der Waals surface area contributed by atoms with E-state index in [1.165, 1.54) is 0 Å². The molecule has 0 aliphatic rings. The summed E-state index contributed by atoms with van der Waals surface area (Å²) in [5.41, 5.74) is 9.53. The van der Waals surface area contributed by atoms with E-state index in [2.05, 4.69) is 5.32 Å². The number of nitrogens with two attached hydrogens (primary N) is 1. The van der Waals surface area contributed by atoms with Crippen molar-refractivity contribution in [2.45, 2.75) is 6.92 Å². The van der Waals surface area contributed by atoms with Crippen molar-refractivity contribution < 1.29 is 9.47 Å². The molecule has 0 heterocycles. The van der Waals surface area contributed by atoms with Gasteiger partial charge >= 0.3 is 0 Å². The standard InChI is InChI=1S/C15H18N2O2/c1-10-8-11(18-2)5-7-14(10)17-15-9-12(19-3)4-6-13(15)16/h4-9,17H,16H2,1-3H3. The van der Waals surface area contributed by atoms with Crippen LogP contribution in [0.5, 0.6) is 11.5 Å². The van der Waals surface area contributed by atoms with E-state index in [-0.39, 0.29) is 0 Å². The summed E-state index contributed by atoms with van der Waals surface area (Å²) < 4.78 is 10.4. The highest BCUT2D eigenvalue weighted by Gasteiger charge is 2.05. The van der Waals surface area contributed by atoms with E-state index in [1.54, 1.807) is 14.2 Å². The van der Waals surface area contributed by atoms with E-state index in [9.17, 15) is 0 Å². The second-order valence-corrected chi connectivity index (χ2v) is 4.26. The van der Waals surface area contributed by atoms with Crippen LogP contribution in [-0.4, -0.2) is 14.2 Å². The van der Waals surface area contributed by atoms with Crippen molar-refractivity contribution in [2.24, 2.45) is 0 Å². The smallest absolute Gasteiger partial charge is 0.121 e. The second-order valence-electron chi connectivity index (χ2n) is 4.26. The summed E-state index contributed by atoms with van der Waals surface area (Å²) in [5.74, 6) is 1.60. The lowest BCUT2D eigenvalue weighted by Gasteiger charge is -2.13. The van der Waals surface area contributed by atoms with Crippen LogP contribution in [0.3, 0.4) is 0 Å². The summed E-state index contributed by atoms with van der Waals surface area (Å²) >= 11 is 0. The number of hydrogen-bond donors (Lipinski definition) is 2. The van der Waals surface area contributed by atoms with Crippen LogP contribution in [0.1, 0.15) is 5.56 Å². The number of methoxy groups -OCH3 is 2. The van der Waals surface area contributed by atoms with Crippen molar-refractivity contribution in [1.29, 1.82) is 0 Å². The summed E-state index contributed by atoms with van der Waals surface area (Å²) in [6.45, 7) is 2.02. The lowest BCUT2D eigenvalue weighted by molar-refractivity contribution is 0.414. The first-order chi connectivity index (χ1) is 9.13. The minimum atomic E-state index is 0.677. The Morgan fingerprint density at radius 3 is 2.16 bits per heavy atom. The SMILES string of the molecule is COc1ccc(Nc2cc(OC)ccc2N)c(C)c1. The maximum absolute atomic E-state index is 5.96. The van der Waals surface area contributed by atoms with Gasteiger partial charge in [0.05, 0.1) is 25.6 Å². The summed E-state index contributed by atoms with van der Waals surface area (Å²) in [6.07, 6.45) is 0. The van der Waals surface area contributed by atoms with Crippen LogP contribution in [0.15, 0.2) is 36.4 Å². The third kappa shape index (κ3) is 2.91. The zero-order chi connectivity index (χ0) is 13.8. The Labute approximate surface area is 113 Å². The third-order valence-corrected chi connectivity index (χ3v) is 2.96. The maximum Gasteiger partial charge on any atom is 0.121 e. The number of ether oxygens (including phenoxy) is 2. The van der Waals surface area contributed by atoms with Crippen molar-refractivity contribution in [3.8, 4) is 11.5 Å². The van der Waals surface area contributed by atoms with Crippen LogP contribution in [0.25, 0.3) is 0 Å². The van der Waals surface area contributed by atoms with Gasteiger partial charge in [0.1, 0.15) is 11.5 Å². The summed E-state index contributed by atoms with van der Waals surface area (Å²) in [5, 5.41) is 3.31. The molecule has 2 rings (SSSR count). The Kier molecular flexibility index (Phi) is 3.80. The minimum Gasteiger partial charge on any atom is -0.497 e. The number of nitrogens with one attached hydrogen (secondary N) is 1. The maximum atomic E-state index is 5.96. The molecular formula is C15H18N2O2. The van der Waals surface area contributed by atoms with Gasteiger partial charge in [-0.15, -0.1) is 0 Å². The van der Waals surface area contributed by atoms with Crippen LogP contribution in [0.4, 0.5) is 17.1 Å². The summed E-state index contributed by atoms with van der Waals surface area (Å²) in [6, 6.07) is 11.4. The molecule has 0 saturated carbocycles. The molecule has 19 heavy (non-hydrogen) atoms. The van der Waals surface area contributed by atoms with E-state index in [4.69, 9.17) is 15.2 Å². The van der Waals surface area contributed by atoms with Gasteiger partial charge in [0.2, 0.25) is 0 Å². The Morgan fingerprint density at radius 2 is 1.53 bits per heavy atom. The lowest BCUT2D eigenvalue weighted by Crippen LogP contribution is -1.99. The van der Waals surface area contributed by atoms with Crippen molar-refractivity contribution >= 4 is 17.1 Å². The molecular weight excluding hydrogens is 240 g/mol. The lowest BCUT2D eigenvalue weighted by atomic mass is 10.1. The first-order valence-corrected chi connectivity index (χ1v) is 5.99. The fraction of sp³-hybridized carbons (Fsp3) is 0.200. The highest BCUT2D eigenvalue weighted by Crippen LogP contribution is 2.30. The molecule has 0 aliphatic heterocycles. The second kappa shape index (κ2) is 5.52. The molecule has 0 aromatic heterocycles. The first-order valence-electron chi connectivity index (χ1n) is 5.99. The van der Waals surface area contributed by atoms with Gasteiger partial charge in [-0.3, -0.25) is 0 Å². The third-order valence-electron chi connectivity index (χ3n) is 2.96. The molecule has 0 spiro atoms. The van der Waals surface area contributed by atoms with E-state index in [0.717, 1.165) is 28.4 Å². The van der Waals surface area contributed by atoms with Crippen LogP contribution >= 0.6 is 0 Å². The Hall–Kier alpha value is -2.36. The minimum absolute atomic E-state index is 0.677. The molecule has 0 fully saturated rings. The molecule has 0 aliphatic carbocycles. The normalized spacial score (nSPS) is 10.1. The molecule has 0 radical (unpaired) electrons. The topological polar surface area (TPSA) is 56.5 Å². The Balaban J connectivity index is 2.30. The molecule has 0 saturated heterocycles. The van der Waals surface area contributed by atoms with E-state index in [1.807, 2.05) is 43.3 Å². The van der Waals surface area contributed by atoms with Crippen LogP contribution in [0, 0.1) is 6.92 Å². The number of rotatable bonds is 4. The van der Waals surface area contributed by atoms with Crippen LogP contribution in [0.2, 0.25) is 0 Å². The molecule has 0 amide bonds. The first kappa shape index (κ1) is 13.1. The molecule has 2 aromatic carbocycles. The molecule has 3 N–H and O–H groups in total. The van der Waals surface area contributed by atoms with E-state index < -0.39 is 0 Å². The number of hydrogen-bond acceptors (Lipinski definition) is 4. The zero-order valence-electron chi connectivity index (χ0n) is 11.4. The molecule has 4 heteroatoms. The van der Waals surface area contributed by atoms with Crippen molar-refractivity contribution in [1.82, 2.24) is 0 Å². The highest BCUT2D eigenvalue weighted by molar-refractivity contribution is 5.75. The van der Waals surface area contributed by atoms with Crippen molar-refractivity contribution in [3.05, 3.63) is 42.0 Å². The van der Waals surface area contributed by atoms with Gasteiger partial charge in [0.15, 0.2) is 0 Å². The van der Waals surface area contributed by atoms with Crippen molar-refractivity contribution in [2.75, 3.05) is 25.3 Å². The van der Waals surface area contributed by atoms with Gasteiger partial charge in [-0.25, -0.2) is 0 Å². The molecule has 100 valence electrons. The van der Waals surface area contributed by atoms with Gasteiger partial charge in [0.25, 0.3) is 0 Å². The van der Waals surface area contributed by atoms with Gasteiger partial charge in [-0.1, -0.05) is 0 Å². The monoisotopic (exact) mass is 258 g/mol. The fourth-order valence-corrected chi connectivity index (χ4v) is 1.82. The molecule has 2 aromatic rings. The van der Waals surface area contributed by atoms with Gasteiger partial charge in [-0.05, 0) is 42.8 Å². The van der Waals surface area contributed by atoms with Crippen LogP contribution in [-0.2, 0) is 0 Å². The number of anilines is 3. The summed E-state index contributed by atoms with van der Waals surface area (Å²) in [4.78, 5) is 0. The molecule has 4 nitrogen and oxygen atoms in total. The summed E-state index contributed by atoms with van der Waals surface area (Å²) in [7, 11) is 3.29. The van der Waals surface area contributed by atoms with Crippen molar-refractivity contribution in [3.63, 3.8) is 0 Å². The fourth-order valence-electron chi connectivity index (χ4n) is 1.82. The number of aryl methyl sites for hydroxylation is 1. The predicted molar refractivity (Wildman–Crippen MR) is 78.4 cm³/mol. The molecule has 0 unspecified atom stereocenters. The predicted octanol–water partition coefficient (Wildman–Crippen LogP) is 3.34. The molecule has 0 bridgehead atoms. The van der Waals surface area contributed by atoms with E-state index in [0.29, 0.717) is 5.69 Å². The van der Waals surface area contributed by atoms with Gasteiger partial charge in [0, 0.05) is 11.8 Å². The average Bonchev–Trinajstić information content (AvgIpc) is 2.43. The Morgan fingerprint density at radius 1 is 0.895 bits per heavy atom. The number of benzene rings is 2. The quantitative estimate of drug-likeness (QED) is 0.826. The van der Waals surface area contributed by atoms with Gasteiger partial charge in [-0.2, -0.15) is 0 Å². The largest absolute Gasteiger partial charge is 0.497 e. The highest BCUT2D eigenvalue weighted by atomic mass is 16.5. The average molecular weight is 258 g/mol. The molecule has 0 atom stereocenters. The zero-order valence-corrected chi connectivity index (χ0v) is 11.4. The van der Waals surface area contributed by atoms with Gasteiger partial charge < -0.3 is 20.5 Å². The van der Waals surface area contributed by atoms with E-state index >= 15 is 0 Å². The number of nitrogen functional groups attached to an aromatic ring is 1.